The van der Waals surface area contributed by atoms with Gasteiger partial charge in [0, 0.05) is 23.9 Å². The summed E-state index contributed by atoms with van der Waals surface area (Å²) in [4.78, 5) is 13.8. The molecule has 0 unspecified atom stereocenters. The van der Waals surface area contributed by atoms with Crippen molar-refractivity contribution in [2.45, 2.75) is 12.4 Å². The molecule has 12 heteroatoms. The van der Waals surface area contributed by atoms with Gasteiger partial charge in [0.2, 0.25) is 11.0 Å². The summed E-state index contributed by atoms with van der Waals surface area (Å²) in [6.07, 6.45) is -8.92. The van der Waals surface area contributed by atoms with E-state index in [-0.39, 0.29) is 11.5 Å². The fourth-order valence-electron chi connectivity index (χ4n) is 1.40. The summed E-state index contributed by atoms with van der Waals surface area (Å²) in [7, 11) is 0. The lowest BCUT2D eigenvalue weighted by Gasteiger charge is -2.03. The van der Waals surface area contributed by atoms with E-state index in [4.69, 9.17) is 5.11 Å². The number of carbonyl (C=O) groups is 1. The quantitative estimate of drug-likeness (QED) is 0.859. The molecule has 2 aromatic rings. The number of nitrogens with zero attached hydrogens (tertiary/aromatic N) is 3. The first-order valence-electron chi connectivity index (χ1n) is 4.94. The summed E-state index contributed by atoms with van der Waals surface area (Å²) in [5, 5.41) is 8.17. The molecule has 2 aromatic heterocycles. The predicted molar refractivity (Wildman–Crippen MR) is 56.2 cm³/mol. The van der Waals surface area contributed by atoms with Gasteiger partial charge in [0.25, 0.3) is 0 Å². The second-order valence-corrected chi connectivity index (χ2v) is 4.42. The Morgan fingerprint density at radius 2 is 1.76 bits per heavy atom. The fraction of sp³-hybridized carbons (Fsp3) is 0.222. The Morgan fingerprint density at radius 3 is 2.14 bits per heavy atom. The molecule has 0 bridgehead atoms. The molecule has 0 aliphatic carbocycles. The molecule has 2 heterocycles. The van der Waals surface area contributed by atoms with E-state index in [1.807, 2.05) is 0 Å². The first-order valence-corrected chi connectivity index (χ1v) is 5.71. The van der Waals surface area contributed by atoms with Crippen LogP contribution in [0.3, 0.4) is 0 Å². The Kier molecular flexibility index (Phi) is 3.43. The molecule has 0 saturated carbocycles. The first kappa shape index (κ1) is 15.3. The molecule has 0 radical (unpaired) electrons. The molecule has 114 valence electrons. The average molecular weight is 331 g/mol. The van der Waals surface area contributed by atoms with E-state index in [1.165, 1.54) is 0 Å². The lowest BCUT2D eigenvalue weighted by atomic mass is 10.2. The largest absolute Gasteiger partial charge is 0.478 e. The lowest BCUT2D eigenvalue weighted by Crippen LogP contribution is -2.09. The van der Waals surface area contributed by atoms with Gasteiger partial charge in [-0.05, 0) is 0 Å². The zero-order valence-corrected chi connectivity index (χ0v) is 10.3. The summed E-state index contributed by atoms with van der Waals surface area (Å²) < 4.78 is 78.4. The summed E-state index contributed by atoms with van der Waals surface area (Å²) in [5.74, 6) is -3.37. The first-order chi connectivity index (χ1) is 9.50. The van der Waals surface area contributed by atoms with Crippen LogP contribution in [0.5, 0.6) is 0 Å². The minimum Gasteiger partial charge on any atom is -0.478 e. The van der Waals surface area contributed by atoms with Gasteiger partial charge in [-0.25, -0.2) is 4.79 Å². The van der Waals surface area contributed by atoms with Crippen molar-refractivity contribution in [2.75, 3.05) is 0 Å². The Hall–Kier alpha value is -2.11. The van der Waals surface area contributed by atoms with Crippen molar-refractivity contribution in [3.05, 3.63) is 29.3 Å². The highest BCUT2D eigenvalue weighted by Crippen LogP contribution is 2.34. The van der Waals surface area contributed by atoms with Crippen LogP contribution >= 0.6 is 11.5 Å². The number of hydrogen-bond acceptors (Lipinski definition) is 4. The van der Waals surface area contributed by atoms with Crippen LogP contribution in [0.4, 0.5) is 26.3 Å². The minimum absolute atomic E-state index is 0.195. The Balaban J connectivity index is 2.51. The zero-order chi connectivity index (χ0) is 16.0. The molecule has 1 N–H and O–H groups in total. The molecular weight excluding hydrogens is 328 g/mol. The van der Waals surface area contributed by atoms with E-state index in [9.17, 15) is 31.1 Å². The molecule has 5 nitrogen and oxygen atoms in total. The number of alkyl halides is 6. The van der Waals surface area contributed by atoms with Crippen LogP contribution in [-0.2, 0) is 12.4 Å². The minimum atomic E-state index is -4.96. The highest BCUT2D eigenvalue weighted by atomic mass is 32.1. The Morgan fingerprint density at radius 1 is 1.14 bits per heavy atom. The van der Waals surface area contributed by atoms with E-state index in [0.717, 1.165) is 0 Å². The van der Waals surface area contributed by atoms with E-state index in [1.54, 1.807) is 0 Å². The van der Waals surface area contributed by atoms with Crippen molar-refractivity contribution < 1.29 is 36.2 Å². The van der Waals surface area contributed by atoms with Gasteiger partial charge in [-0.2, -0.15) is 35.7 Å². The standard InChI is InChI=1S/C9H3F6N3O2S/c10-8(11,12)4-2-18(1-3(4)5(19)20)7-16-6(17-21-7)9(13,14)15/h1-2H,(H,19,20). The van der Waals surface area contributed by atoms with Crippen LogP contribution in [-0.4, -0.2) is 25.0 Å². The zero-order valence-electron chi connectivity index (χ0n) is 9.53. The van der Waals surface area contributed by atoms with Gasteiger partial charge in [-0.1, -0.05) is 0 Å². The van der Waals surface area contributed by atoms with Crippen LogP contribution in [0.2, 0.25) is 0 Å². The predicted octanol–water partition coefficient (Wildman–Crippen LogP) is 3.06. The van der Waals surface area contributed by atoms with E-state index >= 15 is 0 Å². The lowest BCUT2D eigenvalue weighted by molar-refractivity contribution is -0.144. The van der Waals surface area contributed by atoms with E-state index in [0.29, 0.717) is 17.0 Å². The summed E-state index contributed by atoms with van der Waals surface area (Å²) >= 11 is 0.195. The van der Waals surface area contributed by atoms with Gasteiger partial charge in [-0.15, -0.1) is 0 Å². The van der Waals surface area contributed by atoms with Crippen LogP contribution in [0.25, 0.3) is 5.13 Å². The molecule has 2 rings (SSSR count). The summed E-state index contributed by atoms with van der Waals surface area (Å²) in [6.45, 7) is 0. The van der Waals surface area contributed by atoms with E-state index in [2.05, 4.69) is 9.36 Å². The van der Waals surface area contributed by atoms with Crippen LogP contribution in [0.1, 0.15) is 21.7 Å². The fourth-order valence-corrected chi connectivity index (χ4v) is 2.04. The Bertz CT molecular complexity index is 686. The van der Waals surface area contributed by atoms with Gasteiger partial charge in [0.05, 0.1) is 11.1 Å². The molecule has 0 amide bonds. The van der Waals surface area contributed by atoms with Gasteiger partial charge in [-0.3, -0.25) is 4.57 Å². The molecule has 0 aromatic carbocycles. The van der Waals surface area contributed by atoms with Gasteiger partial charge < -0.3 is 5.11 Å². The molecule has 0 aliphatic heterocycles. The summed E-state index contributed by atoms with van der Waals surface area (Å²) in [6, 6.07) is 0. The van der Waals surface area contributed by atoms with Crippen molar-refractivity contribution in [1.82, 2.24) is 13.9 Å². The van der Waals surface area contributed by atoms with E-state index < -0.39 is 40.4 Å². The van der Waals surface area contributed by atoms with Gasteiger partial charge in [0.15, 0.2) is 0 Å². The maximum absolute atomic E-state index is 12.6. The van der Waals surface area contributed by atoms with Crippen LogP contribution in [0.15, 0.2) is 12.4 Å². The normalized spacial score (nSPS) is 12.7. The number of halogens is 6. The molecule has 0 saturated heterocycles. The maximum atomic E-state index is 12.6. The number of carboxylic acid groups (broad SMARTS) is 1. The SMILES string of the molecule is O=C(O)c1cn(-c2nc(C(F)(F)F)ns2)cc1C(F)(F)F. The number of aromatic nitrogens is 3. The van der Waals surface area contributed by atoms with Crippen molar-refractivity contribution in [3.63, 3.8) is 0 Å². The maximum Gasteiger partial charge on any atom is 0.452 e. The highest BCUT2D eigenvalue weighted by molar-refractivity contribution is 7.08. The van der Waals surface area contributed by atoms with Crippen molar-refractivity contribution in [3.8, 4) is 5.13 Å². The number of hydrogen-bond donors (Lipinski definition) is 1. The Labute approximate surface area is 115 Å². The van der Waals surface area contributed by atoms with Crippen LogP contribution < -0.4 is 0 Å². The molecule has 0 aliphatic rings. The number of rotatable bonds is 2. The van der Waals surface area contributed by atoms with Gasteiger partial charge in [0.1, 0.15) is 0 Å². The van der Waals surface area contributed by atoms with Crippen molar-refractivity contribution >= 4 is 17.5 Å². The smallest absolute Gasteiger partial charge is 0.452 e. The average Bonchev–Trinajstić information content (AvgIpc) is 2.93. The third-order valence-corrected chi connectivity index (χ3v) is 2.98. The molecule has 0 spiro atoms. The third kappa shape index (κ3) is 2.99. The molecule has 0 fully saturated rings. The van der Waals surface area contributed by atoms with Crippen LogP contribution in [0, 0.1) is 0 Å². The topological polar surface area (TPSA) is 68.0 Å². The van der Waals surface area contributed by atoms with Gasteiger partial charge >= 0.3 is 18.3 Å². The molecule has 0 atom stereocenters. The molecule has 21 heavy (non-hydrogen) atoms. The number of aromatic carboxylic acids is 1. The highest BCUT2D eigenvalue weighted by Gasteiger charge is 2.39. The second kappa shape index (κ2) is 4.72. The molecular formula is C9H3F6N3O2S. The van der Waals surface area contributed by atoms with Crippen molar-refractivity contribution in [2.24, 2.45) is 0 Å². The third-order valence-electron chi connectivity index (χ3n) is 2.25. The second-order valence-electron chi connectivity index (χ2n) is 3.69. The number of carboxylic acids is 1. The summed E-state index contributed by atoms with van der Waals surface area (Å²) in [5.41, 5.74) is -2.58. The van der Waals surface area contributed by atoms with Crippen molar-refractivity contribution in [1.29, 1.82) is 0 Å². The monoisotopic (exact) mass is 331 g/mol.